The van der Waals surface area contributed by atoms with E-state index in [1.54, 1.807) is 11.4 Å². The Bertz CT molecular complexity index is 1120. The van der Waals surface area contributed by atoms with Crippen LogP contribution in [0.25, 0.3) is 21.7 Å². The van der Waals surface area contributed by atoms with E-state index in [0.29, 0.717) is 21.7 Å². The predicted octanol–water partition coefficient (Wildman–Crippen LogP) is 4.05. The van der Waals surface area contributed by atoms with E-state index in [0.717, 1.165) is 5.69 Å². The van der Waals surface area contributed by atoms with Crippen molar-refractivity contribution in [1.82, 2.24) is 20.3 Å². The minimum atomic E-state index is -4.53. The molecule has 0 aliphatic heterocycles. The molecule has 162 valence electrons. The molecular weight excluding hydrogens is 435 g/mol. The van der Waals surface area contributed by atoms with Crippen LogP contribution in [0.5, 0.6) is 0 Å². The van der Waals surface area contributed by atoms with Crippen molar-refractivity contribution in [3.05, 3.63) is 47.4 Å². The molecule has 0 saturated heterocycles. The zero-order valence-electron chi connectivity index (χ0n) is 16.3. The number of carbonyl (C=O) groups is 2. The van der Waals surface area contributed by atoms with Gasteiger partial charge in [0.25, 0.3) is 0 Å². The summed E-state index contributed by atoms with van der Waals surface area (Å²) in [6.45, 7) is 0.339. The Labute approximate surface area is 178 Å². The number of amides is 2. The fraction of sp³-hybridized carbons (Fsp3) is 0.211. The average Bonchev–Trinajstić information content (AvgIpc) is 3.17. The number of alkyl halides is 3. The molecular formula is C19H16F3N5O3S. The van der Waals surface area contributed by atoms with E-state index in [4.69, 9.17) is 4.74 Å². The van der Waals surface area contributed by atoms with Crippen LogP contribution < -0.4 is 10.6 Å². The van der Waals surface area contributed by atoms with Gasteiger partial charge in [0.05, 0.1) is 12.7 Å². The molecule has 3 aromatic rings. The maximum Gasteiger partial charge on any atom is 0.405 e. The first-order chi connectivity index (χ1) is 14.7. The lowest BCUT2D eigenvalue weighted by molar-refractivity contribution is -0.122. The number of esters is 1. The maximum atomic E-state index is 12.3. The number of aromatic nitrogens is 3. The number of halogens is 3. The molecule has 0 spiro atoms. The summed E-state index contributed by atoms with van der Waals surface area (Å²) in [7, 11) is 1.25. The molecule has 2 amide bonds. The van der Waals surface area contributed by atoms with Crippen molar-refractivity contribution in [3.63, 3.8) is 0 Å². The highest BCUT2D eigenvalue weighted by molar-refractivity contribution is 7.13. The minimum Gasteiger partial charge on any atom is -0.465 e. The summed E-state index contributed by atoms with van der Waals surface area (Å²) in [6.07, 6.45) is -0.229. The van der Waals surface area contributed by atoms with Crippen molar-refractivity contribution in [2.45, 2.75) is 13.1 Å². The number of carbonyl (C=O) groups excluding carboxylic acids is 2. The van der Waals surface area contributed by atoms with Gasteiger partial charge in [-0.3, -0.25) is 10.3 Å². The number of nitrogens with zero attached hydrogens (tertiary/aromatic N) is 3. The highest BCUT2D eigenvalue weighted by atomic mass is 32.1. The molecule has 0 bridgehead atoms. The van der Waals surface area contributed by atoms with Gasteiger partial charge in [-0.1, -0.05) is 0 Å². The van der Waals surface area contributed by atoms with Crippen LogP contribution in [0.15, 0.2) is 36.1 Å². The molecule has 3 rings (SSSR count). The van der Waals surface area contributed by atoms with Gasteiger partial charge in [-0.2, -0.15) is 13.2 Å². The molecule has 31 heavy (non-hydrogen) atoms. The Morgan fingerprint density at radius 3 is 2.58 bits per heavy atom. The molecule has 0 aliphatic rings. The van der Waals surface area contributed by atoms with Crippen LogP contribution in [0, 0.1) is 6.92 Å². The third-order valence-electron chi connectivity index (χ3n) is 3.91. The molecule has 0 aromatic carbocycles. The third-order valence-corrected chi connectivity index (χ3v) is 4.91. The number of thiazole rings is 1. The zero-order chi connectivity index (χ0) is 22.6. The lowest BCUT2D eigenvalue weighted by Gasteiger charge is -2.12. The first kappa shape index (κ1) is 22.2. The lowest BCUT2D eigenvalue weighted by atomic mass is 10.0. The van der Waals surface area contributed by atoms with Crippen LogP contribution in [0.4, 0.5) is 23.8 Å². The second kappa shape index (κ2) is 9.08. The SMILES string of the molecule is COC(=O)c1cncc(-c2cnc(NC(=O)NCC(F)(F)F)cc2-c2nc(C)cs2)c1. The minimum absolute atomic E-state index is 0.0309. The van der Waals surface area contributed by atoms with E-state index in [1.165, 1.54) is 43.1 Å². The van der Waals surface area contributed by atoms with Crippen molar-refractivity contribution in [2.24, 2.45) is 0 Å². The van der Waals surface area contributed by atoms with Crippen LogP contribution in [0.1, 0.15) is 16.1 Å². The number of anilines is 1. The first-order valence-corrected chi connectivity index (χ1v) is 9.62. The summed E-state index contributed by atoms with van der Waals surface area (Å²) in [5.41, 5.74) is 2.67. The van der Waals surface area contributed by atoms with Crippen molar-refractivity contribution in [2.75, 3.05) is 19.0 Å². The molecule has 3 aromatic heterocycles. The molecule has 3 heterocycles. The third kappa shape index (κ3) is 5.75. The van der Waals surface area contributed by atoms with Gasteiger partial charge in [0, 0.05) is 46.4 Å². The quantitative estimate of drug-likeness (QED) is 0.567. The second-order valence-electron chi connectivity index (χ2n) is 6.29. The van der Waals surface area contributed by atoms with Gasteiger partial charge in [-0.25, -0.2) is 19.6 Å². The zero-order valence-corrected chi connectivity index (χ0v) is 17.1. The number of urea groups is 1. The summed E-state index contributed by atoms with van der Waals surface area (Å²) in [4.78, 5) is 36.2. The van der Waals surface area contributed by atoms with Gasteiger partial charge in [0.2, 0.25) is 0 Å². The van der Waals surface area contributed by atoms with Gasteiger partial charge < -0.3 is 10.1 Å². The van der Waals surface area contributed by atoms with Gasteiger partial charge >= 0.3 is 18.2 Å². The standard InChI is InChI=1S/C19H16F3N5O3S/c1-10-8-31-16(26-10)13-4-15(27-18(29)25-9-19(20,21)22)24-7-14(13)11-3-12(6-23-5-11)17(28)30-2/h3-8H,9H2,1-2H3,(H2,24,25,27,29). The summed E-state index contributed by atoms with van der Waals surface area (Å²) < 4.78 is 41.6. The van der Waals surface area contributed by atoms with E-state index < -0.39 is 24.7 Å². The van der Waals surface area contributed by atoms with E-state index >= 15 is 0 Å². The topological polar surface area (TPSA) is 106 Å². The predicted molar refractivity (Wildman–Crippen MR) is 108 cm³/mol. The molecule has 12 heteroatoms. The fourth-order valence-electron chi connectivity index (χ4n) is 2.57. The van der Waals surface area contributed by atoms with Crippen molar-refractivity contribution < 1.29 is 27.5 Å². The Kier molecular flexibility index (Phi) is 6.49. The van der Waals surface area contributed by atoms with Gasteiger partial charge in [0.1, 0.15) is 17.4 Å². The van der Waals surface area contributed by atoms with Crippen LogP contribution in [0.3, 0.4) is 0 Å². The monoisotopic (exact) mass is 451 g/mol. The smallest absolute Gasteiger partial charge is 0.405 e. The number of hydrogen-bond acceptors (Lipinski definition) is 7. The maximum absolute atomic E-state index is 12.3. The average molecular weight is 451 g/mol. The molecule has 8 nitrogen and oxygen atoms in total. The highest BCUT2D eigenvalue weighted by Crippen LogP contribution is 2.35. The second-order valence-corrected chi connectivity index (χ2v) is 7.14. The highest BCUT2D eigenvalue weighted by Gasteiger charge is 2.27. The van der Waals surface area contributed by atoms with Crippen molar-refractivity contribution in [1.29, 1.82) is 0 Å². The van der Waals surface area contributed by atoms with Crippen molar-refractivity contribution in [3.8, 4) is 21.7 Å². The molecule has 0 aliphatic carbocycles. The molecule has 2 N–H and O–H groups in total. The van der Waals surface area contributed by atoms with E-state index in [1.807, 2.05) is 12.3 Å². The van der Waals surface area contributed by atoms with Gasteiger partial charge in [-0.15, -0.1) is 11.3 Å². The number of ether oxygens (including phenoxy) is 1. The number of rotatable bonds is 5. The number of nitrogens with one attached hydrogen (secondary N) is 2. The van der Waals surface area contributed by atoms with E-state index in [-0.39, 0.29) is 11.4 Å². The Balaban J connectivity index is 1.97. The van der Waals surface area contributed by atoms with Crippen LogP contribution in [0.2, 0.25) is 0 Å². The van der Waals surface area contributed by atoms with Crippen molar-refractivity contribution >= 4 is 29.2 Å². The molecule has 0 saturated carbocycles. The normalized spacial score (nSPS) is 11.1. The number of pyridine rings is 2. The van der Waals surface area contributed by atoms with Crippen LogP contribution in [-0.4, -0.2) is 46.8 Å². The summed E-state index contributed by atoms with van der Waals surface area (Å²) in [5.74, 6) is -0.531. The number of aryl methyl sites for hydroxylation is 1. The molecule has 0 atom stereocenters. The molecule has 0 fully saturated rings. The van der Waals surface area contributed by atoms with Gasteiger partial charge in [-0.05, 0) is 19.1 Å². The largest absolute Gasteiger partial charge is 0.465 e. The van der Waals surface area contributed by atoms with Gasteiger partial charge in [0.15, 0.2) is 0 Å². The Hall–Kier alpha value is -3.54. The Morgan fingerprint density at radius 2 is 1.94 bits per heavy atom. The molecule has 0 radical (unpaired) electrons. The summed E-state index contributed by atoms with van der Waals surface area (Å²) in [5, 5.41) is 6.41. The molecule has 0 unspecified atom stereocenters. The summed E-state index contributed by atoms with van der Waals surface area (Å²) in [6, 6.07) is 2.02. The fourth-order valence-corrected chi connectivity index (χ4v) is 3.39. The van der Waals surface area contributed by atoms with Crippen LogP contribution >= 0.6 is 11.3 Å². The first-order valence-electron chi connectivity index (χ1n) is 8.74. The Morgan fingerprint density at radius 1 is 1.16 bits per heavy atom. The number of hydrogen-bond donors (Lipinski definition) is 2. The van der Waals surface area contributed by atoms with E-state index in [9.17, 15) is 22.8 Å². The number of methoxy groups -OCH3 is 1. The summed E-state index contributed by atoms with van der Waals surface area (Å²) >= 11 is 1.34. The van der Waals surface area contributed by atoms with Crippen LogP contribution in [-0.2, 0) is 4.74 Å². The lowest BCUT2D eigenvalue weighted by Crippen LogP contribution is -2.36. The van der Waals surface area contributed by atoms with E-state index in [2.05, 4.69) is 20.3 Å².